The van der Waals surface area contributed by atoms with E-state index in [4.69, 9.17) is 16.3 Å². The monoisotopic (exact) mass is 374 g/mol. The van der Waals surface area contributed by atoms with Crippen LogP contribution >= 0.6 is 11.6 Å². The van der Waals surface area contributed by atoms with Crippen LogP contribution < -0.4 is 0 Å². The van der Waals surface area contributed by atoms with Crippen molar-refractivity contribution in [2.45, 2.75) is 44.9 Å². The largest absolute Gasteiger partial charge is 0.465 e. The summed E-state index contributed by atoms with van der Waals surface area (Å²) in [6, 6.07) is 6.50. The van der Waals surface area contributed by atoms with Crippen molar-refractivity contribution in [3.8, 4) is 11.3 Å². The molecule has 0 radical (unpaired) electrons. The fourth-order valence-electron chi connectivity index (χ4n) is 4.83. The number of carbonyl (C=O) groups is 1. The smallest absolute Gasteiger partial charge is 0.302 e. The summed E-state index contributed by atoms with van der Waals surface area (Å²) in [7, 11) is 0. The average molecular weight is 375 g/mol. The van der Waals surface area contributed by atoms with Gasteiger partial charge in [0.05, 0.1) is 27.4 Å². The summed E-state index contributed by atoms with van der Waals surface area (Å²) in [5.41, 5.74) is 2.20. The van der Waals surface area contributed by atoms with E-state index in [-0.39, 0.29) is 28.3 Å². The lowest BCUT2D eigenvalue weighted by molar-refractivity contribution is -0.144. The third kappa shape index (κ3) is 2.22. The van der Waals surface area contributed by atoms with Crippen LogP contribution in [0.2, 0.25) is 5.02 Å². The predicted molar refractivity (Wildman–Crippen MR) is 96.5 cm³/mol. The number of nitrogens with zero attached hydrogens (tertiary/aromatic N) is 2. The highest BCUT2D eigenvalue weighted by Gasteiger charge is 2.64. The van der Waals surface area contributed by atoms with E-state index in [0.717, 1.165) is 24.1 Å². The first-order valence-electron chi connectivity index (χ1n) is 8.74. The highest BCUT2D eigenvalue weighted by atomic mass is 35.5. The van der Waals surface area contributed by atoms with Gasteiger partial charge in [0.2, 0.25) is 0 Å². The molecule has 4 rings (SSSR count). The van der Waals surface area contributed by atoms with E-state index >= 15 is 0 Å². The molecule has 0 aliphatic heterocycles. The Morgan fingerprint density at radius 1 is 1.38 bits per heavy atom. The molecule has 1 aromatic heterocycles. The van der Waals surface area contributed by atoms with Crippen LogP contribution in [0.15, 0.2) is 24.3 Å². The van der Waals surface area contributed by atoms with E-state index in [2.05, 4.69) is 24.0 Å². The van der Waals surface area contributed by atoms with Crippen LogP contribution in [0.25, 0.3) is 11.3 Å². The van der Waals surface area contributed by atoms with Gasteiger partial charge < -0.3 is 4.74 Å². The molecule has 2 atom stereocenters. The molecule has 4 nitrogen and oxygen atoms in total. The quantitative estimate of drug-likeness (QED) is 0.733. The second-order valence-electron chi connectivity index (χ2n) is 7.81. The van der Waals surface area contributed by atoms with E-state index in [0.29, 0.717) is 17.3 Å². The van der Waals surface area contributed by atoms with Gasteiger partial charge >= 0.3 is 5.97 Å². The first-order chi connectivity index (χ1) is 12.3. The Kier molecular flexibility index (Phi) is 3.85. The topological polar surface area (TPSA) is 52.1 Å². The van der Waals surface area contributed by atoms with Crippen molar-refractivity contribution in [2.75, 3.05) is 6.61 Å². The van der Waals surface area contributed by atoms with Crippen molar-refractivity contribution in [2.24, 2.45) is 5.41 Å². The number of esters is 1. The molecule has 1 heterocycles. The van der Waals surface area contributed by atoms with E-state index in [1.54, 1.807) is 12.1 Å². The fraction of sp³-hybridized carbons (Fsp3) is 0.450. The summed E-state index contributed by atoms with van der Waals surface area (Å²) in [5, 5.41) is 9.08. The maximum atomic E-state index is 14.3. The van der Waals surface area contributed by atoms with Crippen LogP contribution in [0.3, 0.4) is 0 Å². The van der Waals surface area contributed by atoms with Crippen LogP contribution in [0.5, 0.6) is 0 Å². The zero-order valence-corrected chi connectivity index (χ0v) is 15.7. The molecular formula is C20H20ClFN2O2. The molecule has 0 saturated heterocycles. The van der Waals surface area contributed by atoms with E-state index in [1.165, 1.54) is 13.0 Å². The standard InChI is InChI=1S/C20H20ClFN2O2/c1-11(25)26-10-20-8-7-13(19(20,2)3)12-9-16(23-24-18(12)20)17-14(21)5-4-6-15(17)22/h4-6,9,13H,7-8,10H2,1-3H3/t13-,20-/m1/s1. The first kappa shape index (κ1) is 17.4. The lowest BCUT2D eigenvalue weighted by Crippen LogP contribution is -2.40. The van der Waals surface area contributed by atoms with Gasteiger partial charge in [-0.25, -0.2) is 4.39 Å². The summed E-state index contributed by atoms with van der Waals surface area (Å²) >= 11 is 6.20. The minimum atomic E-state index is -0.413. The lowest BCUT2D eigenvalue weighted by Gasteiger charge is -2.37. The number of fused-ring (bicyclic) bond motifs is 5. The van der Waals surface area contributed by atoms with Gasteiger partial charge in [-0.3, -0.25) is 4.79 Å². The van der Waals surface area contributed by atoms with E-state index in [9.17, 15) is 9.18 Å². The molecular weight excluding hydrogens is 355 g/mol. The van der Waals surface area contributed by atoms with Crippen molar-refractivity contribution < 1.29 is 13.9 Å². The van der Waals surface area contributed by atoms with Crippen molar-refractivity contribution in [3.05, 3.63) is 46.4 Å². The van der Waals surface area contributed by atoms with Gasteiger partial charge in [0, 0.05) is 6.92 Å². The first-order valence-corrected chi connectivity index (χ1v) is 9.11. The molecule has 1 fully saturated rings. The number of carbonyl (C=O) groups excluding carboxylic acids is 1. The lowest BCUT2D eigenvalue weighted by atomic mass is 9.69. The number of hydrogen-bond donors (Lipinski definition) is 0. The van der Waals surface area contributed by atoms with E-state index in [1.807, 2.05) is 6.07 Å². The Morgan fingerprint density at radius 2 is 2.15 bits per heavy atom. The van der Waals surface area contributed by atoms with Gasteiger partial charge in [-0.1, -0.05) is 31.5 Å². The Bertz CT molecular complexity index is 894. The second-order valence-corrected chi connectivity index (χ2v) is 8.21. The number of aromatic nitrogens is 2. The maximum absolute atomic E-state index is 14.3. The Hall–Kier alpha value is -2.01. The molecule has 1 aromatic carbocycles. The number of hydrogen-bond acceptors (Lipinski definition) is 4. The number of benzene rings is 1. The van der Waals surface area contributed by atoms with Gasteiger partial charge in [-0.15, -0.1) is 0 Å². The third-order valence-electron chi connectivity index (χ3n) is 6.36. The van der Waals surface area contributed by atoms with Crippen molar-refractivity contribution in [3.63, 3.8) is 0 Å². The molecule has 6 heteroatoms. The molecule has 2 bridgehead atoms. The van der Waals surface area contributed by atoms with Gasteiger partial charge in [0.15, 0.2) is 0 Å². The summed E-state index contributed by atoms with van der Waals surface area (Å²) < 4.78 is 19.7. The molecule has 26 heavy (non-hydrogen) atoms. The molecule has 1 saturated carbocycles. The van der Waals surface area contributed by atoms with Crippen LogP contribution in [-0.4, -0.2) is 22.8 Å². The highest BCUT2D eigenvalue weighted by molar-refractivity contribution is 6.33. The average Bonchev–Trinajstić information content (AvgIpc) is 2.94. The SMILES string of the molecule is CC(=O)OC[C@]12CC[C@H](c3cc(-c4c(F)cccc4Cl)nnc31)C2(C)C. The highest BCUT2D eigenvalue weighted by Crippen LogP contribution is 2.67. The number of rotatable bonds is 3. The minimum Gasteiger partial charge on any atom is -0.465 e. The van der Waals surface area contributed by atoms with Gasteiger partial charge in [-0.05, 0) is 47.9 Å². The Morgan fingerprint density at radius 3 is 2.85 bits per heavy atom. The zero-order chi connectivity index (χ0) is 18.7. The number of halogens is 2. The summed E-state index contributed by atoms with van der Waals surface area (Å²) in [5.74, 6) is -0.438. The zero-order valence-electron chi connectivity index (χ0n) is 15.0. The Balaban J connectivity index is 1.84. The van der Waals surface area contributed by atoms with Crippen LogP contribution in [0, 0.1) is 11.2 Å². The normalized spacial score (nSPS) is 25.2. The third-order valence-corrected chi connectivity index (χ3v) is 6.67. The van der Waals surface area contributed by atoms with Crippen LogP contribution in [-0.2, 0) is 14.9 Å². The minimum absolute atomic E-state index is 0.114. The summed E-state index contributed by atoms with van der Waals surface area (Å²) in [4.78, 5) is 11.4. The summed E-state index contributed by atoms with van der Waals surface area (Å²) in [6.45, 7) is 6.09. The van der Waals surface area contributed by atoms with Crippen LogP contribution in [0.4, 0.5) is 4.39 Å². The second kappa shape index (κ2) is 5.74. The Labute approximate surface area is 156 Å². The molecule has 136 valence electrons. The van der Waals surface area contributed by atoms with Gasteiger partial charge in [0.1, 0.15) is 12.4 Å². The molecule has 0 N–H and O–H groups in total. The fourth-order valence-corrected chi connectivity index (χ4v) is 5.09. The maximum Gasteiger partial charge on any atom is 0.302 e. The number of ether oxygens (including phenoxy) is 1. The molecule has 2 aliphatic carbocycles. The molecule has 0 spiro atoms. The van der Waals surface area contributed by atoms with Gasteiger partial charge in [0.25, 0.3) is 0 Å². The van der Waals surface area contributed by atoms with Crippen LogP contribution in [0.1, 0.15) is 50.8 Å². The van der Waals surface area contributed by atoms with Crippen molar-refractivity contribution in [1.82, 2.24) is 10.2 Å². The molecule has 0 unspecified atom stereocenters. The molecule has 0 amide bonds. The van der Waals surface area contributed by atoms with Gasteiger partial charge in [-0.2, -0.15) is 10.2 Å². The molecule has 2 aliphatic rings. The molecule has 2 aromatic rings. The van der Waals surface area contributed by atoms with E-state index < -0.39 is 5.82 Å². The summed E-state index contributed by atoms with van der Waals surface area (Å²) in [6.07, 6.45) is 1.89. The van der Waals surface area contributed by atoms with Crippen molar-refractivity contribution >= 4 is 17.6 Å². The van der Waals surface area contributed by atoms with Crippen molar-refractivity contribution in [1.29, 1.82) is 0 Å². The predicted octanol–water partition coefficient (Wildman–Crippen LogP) is 4.65.